The number of aliphatic hydroxyl groups excluding tert-OH is 1. The molecular formula is C13H25NO. The summed E-state index contributed by atoms with van der Waals surface area (Å²) >= 11 is 0. The molecular weight excluding hydrogens is 186 g/mol. The van der Waals surface area contributed by atoms with Crippen molar-refractivity contribution in [3.8, 4) is 0 Å². The third-order valence-corrected chi connectivity index (χ3v) is 3.97. The van der Waals surface area contributed by atoms with Crippen LogP contribution in [0.3, 0.4) is 0 Å². The summed E-state index contributed by atoms with van der Waals surface area (Å²) in [6, 6.07) is 1.26. The van der Waals surface area contributed by atoms with Gasteiger partial charge in [-0.2, -0.15) is 0 Å². The fourth-order valence-corrected chi connectivity index (χ4v) is 2.97. The molecule has 0 spiro atoms. The third-order valence-electron chi connectivity index (χ3n) is 3.97. The van der Waals surface area contributed by atoms with E-state index in [-0.39, 0.29) is 6.10 Å². The predicted molar refractivity (Wildman–Crippen MR) is 62.8 cm³/mol. The van der Waals surface area contributed by atoms with Gasteiger partial charge in [-0.3, -0.25) is 4.90 Å². The van der Waals surface area contributed by atoms with Crippen molar-refractivity contribution < 1.29 is 5.11 Å². The lowest BCUT2D eigenvalue weighted by atomic mass is 9.84. The topological polar surface area (TPSA) is 23.5 Å². The molecule has 1 N–H and O–H groups in total. The van der Waals surface area contributed by atoms with Gasteiger partial charge in [-0.15, -0.1) is 0 Å². The molecule has 2 nitrogen and oxygen atoms in total. The summed E-state index contributed by atoms with van der Waals surface area (Å²) in [4.78, 5) is 2.60. The average Bonchev–Trinajstić information content (AvgIpc) is 3.02. The van der Waals surface area contributed by atoms with Crippen molar-refractivity contribution in [2.24, 2.45) is 5.92 Å². The Balaban J connectivity index is 1.97. The van der Waals surface area contributed by atoms with Crippen molar-refractivity contribution in [3.63, 3.8) is 0 Å². The van der Waals surface area contributed by atoms with E-state index in [1.54, 1.807) is 0 Å². The molecule has 0 radical (unpaired) electrons. The van der Waals surface area contributed by atoms with E-state index >= 15 is 0 Å². The maximum Gasteiger partial charge on any atom is 0.0695 e. The lowest BCUT2D eigenvalue weighted by Crippen LogP contribution is -2.48. The fourth-order valence-electron chi connectivity index (χ4n) is 2.97. The van der Waals surface area contributed by atoms with E-state index in [9.17, 15) is 5.11 Å². The highest BCUT2D eigenvalue weighted by Crippen LogP contribution is 2.35. The lowest BCUT2D eigenvalue weighted by molar-refractivity contribution is 0.00157. The molecule has 0 heterocycles. The smallest absolute Gasteiger partial charge is 0.0695 e. The molecule has 2 saturated carbocycles. The van der Waals surface area contributed by atoms with Crippen molar-refractivity contribution in [1.29, 1.82) is 0 Å². The van der Waals surface area contributed by atoms with Gasteiger partial charge in [0.05, 0.1) is 6.10 Å². The molecule has 0 bridgehead atoms. The number of aliphatic hydroxyl groups is 1. The molecule has 3 unspecified atom stereocenters. The van der Waals surface area contributed by atoms with Gasteiger partial charge in [0.2, 0.25) is 0 Å². The molecule has 2 aliphatic rings. The minimum Gasteiger partial charge on any atom is -0.391 e. The molecule has 2 rings (SSSR count). The van der Waals surface area contributed by atoms with E-state index in [1.165, 1.54) is 38.6 Å². The second kappa shape index (κ2) is 4.84. The van der Waals surface area contributed by atoms with Crippen LogP contribution in [0.5, 0.6) is 0 Å². The highest BCUT2D eigenvalue weighted by Gasteiger charge is 2.38. The Morgan fingerprint density at radius 1 is 1.20 bits per heavy atom. The molecule has 0 aliphatic heterocycles. The van der Waals surface area contributed by atoms with E-state index < -0.39 is 0 Å². The number of rotatable bonds is 4. The first-order valence-corrected chi connectivity index (χ1v) is 6.66. The van der Waals surface area contributed by atoms with Crippen LogP contribution in [-0.2, 0) is 0 Å². The van der Waals surface area contributed by atoms with Crippen LogP contribution in [0, 0.1) is 5.92 Å². The first-order valence-electron chi connectivity index (χ1n) is 6.66. The summed E-state index contributed by atoms with van der Waals surface area (Å²) in [6.45, 7) is 5.75. The van der Waals surface area contributed by atoms with Gasteiger partial charge in [0.15, 0.2) is 0 Å². The minimum atomic E-state index is -0.0617. The van der Waals surface area contributed by atoms with Crippen LogP contribution in [0.15, 0.2) is 0 Å². The number of hydrogen-bond donors (Lipinski definition) is 1. The zero-order valence-corrected chi connectivity index (χ0v) is 10.2. The van der Waals surface area contributed by atoms with Crippen LogP contribution >= 0.6 is 0 Å². The Morgan fingerprint density at radius 2 is 1.93 bits per heavy atom. The molecule has 0 aromatic rings. The summed E-state index contributed by atoms with van der Waals surface area (Å²) in [6.07, 6.45) is 7.30. The third kappa shape index (κ3) is 2.73. The van der Waals surface area contributed by atoms with E-state index in [0.717, 1.165) is 18.4 Å². The Morgan fingerprint density at radius 3 is 2.53 bits per heavy atom. The van der Waals surface area contributed by atoms with Crippen LogP contribution in [-0.4, -0.2) is 34.7 Å². The van der Waals surface area contributed by atoms with Crippen molar-refractivity contribution in [1.82, 2.24) is 4.90 Å². The van der Waals surface area contributed by atoms with E-state index in [1.807, 2.05) is 0 Å². The van der Waals surface area contributed by atoms with Gasteiger partial charge in [-0.05, 0) is 51.0 Å². The van der Waals surface area contributed by atoms with Crippen LogP contribution in [0.1, 0.15) is 52.4 Å². The van der Waals surface area contributed by atoms with Crippen LogP contribution in [0.2, 0.25) is 0 Å². The van der Waals surface area contributed by atoms with Crippen molar-refractivity contribution >= 4 is 0 Å². The summed E-state index contributed by atoms with van der Waals surface area (Å²) in [7, 11) is 0. The van der Waals surface area contributed by atoms with Crippen LogP contribution in [0.4, 0.5) is 0 Å². The molecule has 2 fully saturated rings. The van der Waals surface area contributed by atoms with Gasteiger partial charge < -0.3 is 5.11 Å². The first-order chi connectivity index (χ1) is 7.22. The van der Waals surface area contributed by atoms with Gasteiger partial charge in [0.25, 0.3) is 0 Å². The highest BCUT2D eigenvalue weighted by atomic mass is 16.3. The summed E-state index contributed by atoms with van der Waals surface area (Å²) in [5.74, 6) is 0.802. The predicted octanol–water partition coefficient (Wildman–Crippen LogP) is 2.41. The first kappa shape index (κ1) is 11.4. The minimum absolute atomic E-state index is 0.0617. The monoisotopic (exact) mass is 211 g/mol. The van der Waals surface area contributed by atoms with Crippen LogP contribution in [0.25, 0.3) is 0 Å². The van der Waals surface area contributed by atoms with E-state index in [0.29, 0.717) is 6.04 Å². The summed E-state index contributed by atoms with van der Waals surface area (Å²) < 4.78 is 0. The van der Waals surface area contributed by atoms with Gasteiger partial charge in [0.1, 0.15) is 0 Å². The fraction of sp³-hybridized carbons (Fsp3) is 1.00. The Bertz CT molecular complexity index is 203. The molecule has 0 aromatic carbocycles. The summed E-state index contributed by atoms with van der Waals surface area (Å²) in [5, 5.41) is 10.1. The Hall–Kier alpha value is -0.0800. The van der Waals surface area contributed by atoms with Gasteiger partial charge in [-0.25, -0.2) is 0 Å². The van der Waals surface area contributed by atoms with Crippen molar-refractivity contribution in [2.75, 3.05) is 6.54 Å². The Labute approximate surface area is 93.7 Å². The molecule has 0 aromatic heterocycles. The molecule has 15 heavy (non-hydrogen) atoms. The SMILES string of the molecule is CCCN(C1CC1)C1CC(C)CCC1O. The van der Waals surface area contributed by atoms with E-state index in [4.69, 9.17) is 0 Å². The Kier molecular flexibility index (Phi) is 3.68. The molecule has 0 amide bonds. The quantitative estimate of drug-likeness (QED) is 0.772. The maximum atomic E-state index is 10.1. The van der Waals surface area contributed by atoms with Gasteiger partial charge >= 0.3 is 0 Å². The average molecular weight is 211 g/mol. The molecule has 88 valence electrons. The highest BCUT2D eigenvalue weighted by molar-refractivity contribution is 4.93. The van der Waals surface area contributed by atoms with Crippen molar-refractivity contribution in [3.05, 3.63) is 0 Å². The second-order valence-electron chi connectivity index (χ2n) is 5.52. The maximum absolute atomic E-state index is 10.1. The summed E-state index contributed by atoms with van der Waals surface area (Å²) in [5.41, 5.74) is 0. The number of nitrogens with zero attached hydrogens (tertiary/aromatic N) is 1. The molecule has 0 saturated heterocycles. The molecule has 2 aliphatic carbocycles. The standard InChI is InChI=1S/C13H25NO/c1-3-8-14(11-5-6-11)12-9-10(2)4-7-13(12)15/h10-13,15H,3-9H2,1-2H3. The van der Waals surface area contributed by atoms with E-state index in [2.05, 4.69) is 18.7 Å². The second-order valence-corrected chi connectivity index (χ2v) is 5.52. The zero-order chi connectivity index (χ0) is 10.8. The number of hydrogen-bond acceptors (Lipinski definition) is 2. The zero-order valence-electron chi connectivity index (χ0n) is 10.2. The van der Waals surface area contributed by atoms with Gasteiger partial charge in [0, 0.05) is 12.1 Å². The van der Waals surface area contributed by atoms with Crippen molar-refractivity contribution in [2.45, 2.75) is 70.6 Å². The lowest BCUT2D eigenvalue weighted by Gasteiger charge is -2.40. The van der Waals surface area contributed by atoms with Crippen LogP contribution < -0.4 is 0 Å². The molecule has 3 atom stereocenters. The van der Waals surface area contributed by atoms with Gasteiger partial charge in [-0.1, -0.05) is 13.8 Å². The molecule has 2 heteroatoms. The normalized spacial score (nSPS) is 37.2. The largest absolute Gasteiger partial charge is 0.391 e.